The molecule has 0 radical (unpaired) electrons. The summed E-state index contributed by atoms with van der Waals surface area (Å²) in [5.74, 6) is 0.399. The molecule has 2 unspecified atom stereocenters. The predicted octanol–water partition coefficient (Wildman–Crippen LogP) is 1.40. The van der Waals surface area contributed by atoms with E-state index in [-0.39, 0.29) is 11.8 Å². The zero-order valence-corrected chi connectivity index (χ0v) is 10.3. The molecule has 6 nitrogen and oxygen atoms in total. The van der Waals surface area contributed by atoms with Gasteiger partial charge in [0.05, 0.1) is 13.0 Å². The van der Waals surface area contributed by atoms with Crippen LogP contribution in [0.25, 0.3) is 0 Å². The minimum atomic E-state index is -0.695. The van der Waals surface area contributed by atoms with Gasteiger partial charge in [-0.3, -0.25) is 4.79 Å². The van der Waals surface area contributed by atoms with Crippen molar-refractivity contribution >= 4 is 11.8 Å². The van der Waals surface area contributed by atoms with Crippen LogP contribution in [0, 0.1) is 11.8 Å². The molecule has 0 amide bonds. The van der Waals surface area contributed by atoms with Crippen LogP contribution in [0.4, 0.5) is 5.82 Å². The highest BCUT2D eigenvalue weighted by atomic mass is 16.5. The van der Waals surface area contributed by atoms with Crippen molar-refractivity contribution in [2.24, 2.45) is 11.8 Å². The van der Waals surface area contributed by atoms with E-state index in [2.05, 4.69) is 15.3 Å². The number of carboxylic acid groups (broad SMARTS) is 1. The van der Waals surface area contributed by atoms with Crippen molar-refractivity contribution in [3.63, 3.8) is 0 Å². The molecule has 2 N–H and O–H groups in total. The molecule has 0 saturated heterocycles. The summed E-state index contributed by atoms with van der Waals surface area (Å²) in [5, 5.41) is 12.2. The van der Waals surface area contributed by atoms with E-state index >= 15 is 0 Å². The topological polar surface area (TPSA) is 84.3 Å². The fourth-order valence-corrected chi connectivity index (χ4v) is 2.39. The van der Waals surface area contributed by atoms with Gasteiger partial charge >= 0.3 is 5.97 Å². The van der Waals surface area contributed by atoms with E-state index in [9.17, 15) is 4.79 Å². The second-order valence-corrected chi connectivity index (χ2v) is 4.46. The zero-order valence-electron chi connectivity index (χ0n) is 10.3. The number of ether oxygens (including phenoxy) is 1. The molecule has 2 rings (SSSR count). The molecular formula is C12H17N3O3. The standard InChI is InChI=1S/C12H17N3O3/c1-18-11-5-10(14-7-15-11)13-6-8-3-2-4-9(8)12(16)17/h5,7-9H,2-4,6H2,1H3,(H,16,17)(H,13,14,15). The first kappa shape index (κ1) is 12.6. The molecule has 1 saturated carbocycles. The highest BCUT2D eigenvalue weighted by Crippen LogP contribution is 2.32. The third-order valence-corrected chi connectivity index (χ3v) is 3.37. The van der Waals surface area contributed by atoms with E-state index < -0.39 is 5.97 Å². The van der Waals surface area contributed by atoms with Gasteiger partial charge in [-0.25, -0.2) is 9.97 Å². The number of rotatable bonds is 5. The van der Waals surface area contributed by atoms with Gasteiger partial charge in [0, 0.05) is 12.6 Å². The summed E-state index contributed by atoms with van der Waals surface area (Å²) >= 11 is 0. The van der Waals surface area contributed by atoms with Gasteiger partial charge in [0.1, 0.15) is 12.1 Å². The molecule has 1 fully saturated rings. The Morgan fingerprint density at radius 1 is 1.56 bits per heavy atom. The van der Waals surface area contributed by atoms with E-state index in [4.69, 9.17) is 9.84 Å². The number of aromatic nitrogens is 2. The van der Waals surface area contributed by atoms with Gasteiger partial charge in [-0.2, -0.15) is 0 Å². The number of nitrogens with zero attached hydrogens (tertiary/aromatic N) is 2. The van der Waals surface area contributed by atoms with Gasteiger partial charge in [-0.15, -0.1) is 0 Å². The normalized spacial score (nSPS) is 22.7. The smallest absolute Gasteiger partial charge is 0.306 e. The number of hydrogen-bond donors (Lipinski definition) is 2. The van der Waals surface area contributed by atoms with Crippen LogP contribution in [-0.2, 0) is 4.79 Å². The van der Waals surface area contributed by atoms with Gasteiger partial charge < -0.3 is 15.2 Å². The molecule has 1 aliphatic rings. The number of nitrogens with one attached hydrogen (secondary N) is 1. The number of hydrogen-bond acceptors (Lipinski definition) is 5. The molecule has 0 spiro atoms. The van der Waals surface area contributed by atoms with Crippen molar-refractivity contribution in [1.82, 2.24) is 9.97 Å². The van der Waals surface area contributed by atoms with Crippen LogP contribution >= 0.6 is 0 Å². The zero-order chi connectivity index (χ0) is 13.0. The van der Waals surface area contributed by atoms with Crippen LogP contribution in [0.5, 0.6) is 5.88 Å². The lowest BCUT2D eigenvalue weighted by molar-refractivity contribution is -0.142. The maximum atomic E-state index is 11.1. The van der Waals surface area contributed by atoms with E-state index in [0.29, 0.717) is 18.2 Å². The van der Waals surface area contributed by atoms with Crippen LogP contribution in [0.3, 0.4) is 0 Å². The molecule has 6 heteroatoms. The maximum absolute atomic E-state index is 11.1. The number of carbonyl (C=O) groups is 1. The Kier molecular flexibility index (Phi) is 3.96. The fourth-order valence-electron chi connectivity index (χ4n) is 2.39. The lowest BCUT2D eigenvalue weighted by Gasteiger charge is -2.16. The lowest BCUT2D eigenvalue weighted by Crippen LogP contribution is -2.24. The molecule has 2 atom stereocenters. The molecular weight excluding hydrogens is 234 g/mol. The van der Waals surface area contributed by atoms with Crippen molar-refractivity contribution in [2.75, 3.05) is 19.0 Å². The van der Waals surface area contributed by atoms with Crippen LogP contribution in [0.1, 0.15) is 19.3 Å². The highest BCUT2D eigenvalue weighted by Gasteiger charge is 2.32. The first-order chi connectivity index (χ1) is 8.70. The molecule has 98 valence electrons. The van der Waals surface area contributed by atoms with Crippen molar-refractivity contribution in [1.29, 1.82) is 0 Å². The summed E-state index contributed by atoms with van der Waals surface area (Å²) in [6.45, 7) is 0.622. The van der Waals surface area contributed by atoms with Crippen LogP contribution in [0.15, 0.2) is 12.4 Å². The third-order valence-electron chi connectivity index (χ3n) is 3.37. The molecule has 0 aliphatic heterocycles. The summed E-state index contributed by atoms with van der Waals surface area (Å²) in [5.41, 5.74) is 0. The largest absolute Gasteiger partial charge is 0.481 e. The molecule has 1 aromatic rings. The lowest BCUT2D eigenvalue weighted by atomic mass is 9.96. The SMILES string of the molecule is COc1cc(NCC2CCCC2C(=O)O)ncn1. The van der Waals surface area contributed by atoms with Gasteiger partial charge in [-0.05, 0) is 18.8 Å². The van der Waals surface area contributed by atoms with Crippen molar-refractivity contribution < 1.29 is 14.6 Å². The van der Waals surface area contributed by atoms with Gasteiger partial charge in [0.15, 0.2) is 0 Å². The minimum Gasteiger partial charge on any atom is -0.481 e. The second kappa shape index (κ2) is 5.66. The Labute approximate surface area is 105 Å². The number of methoxy groups -OCH3 is 1. The summed E-state index contributed by atoms with van der Waals surface area (Å²) in [6, 6.07) is 1.70. The number of anilines is 1. The van der Waals surface area contributed by atoms with Gasteiger partial charge in [0.25, 0.3) is 0 Å². The molecule has 1 aliphatic carbocycles. The third kappa shape index (κ3) is 2.88. The first-order valence-electron chi connectivity index (χ1n) is 6.03. The Bertz CT molecular complexity index is 425. The van der Waals surface area contributed by atoms with E-state index in [1.54, 1.807) is 13.2 Å². The van der Waals surface area contributed by atoms with Crippen molar-refractivity contribution in [3.05, 3.63) is 12.4 Å². The molecule has 18 heavy (non-hydrogen) atoms. The average Bonchev–Trinajstić information content (AvgIpc) is 2.85. The summed E-state index contributed by atoms with van der Waals surface area (Å²) < 4.78 is 5.00. The van der Waals surface area contributed by atoms with Crippen LogP contribution in [-0.4, -0.2) is 34.7 Å². The Morgan fingerprint density at radius 2 is 2.39 bits per heavy atom. The second-order valence-electron chi connectivity index (χ2n) is 4.46. The molecule has 0 aromatic carbocycles. The van der Waals surface area contributed by atoms with Gasteiger partial charge in [-0.1, -0.05) is 6.42 Å². The van der Waals surface area contributed by atoms with Crippen molar-refractivity contribution in [2.45, 2.75) is 19.3 Å². The highest BCUT2D eigenvalue weighted by molar-refractivity contribution is 5.70. The predicted molar refractivity (Wildman–Crippen MR) is 65.5 cm³/mol. The molecule has 1 heterocycles. The monoisotopic (exact) mass is 251 g/mol. The Morgan fingerprint density at radius 3 is 3.11 bits per heavy atom. The first-order valence-corrected chi connectivity index (χ1v) is 6.03. The number of aliphatic carboxylic acids is 1. The summed E-state index contributed by atoms with van der Waals surface area (Å²) in [6.07, 6.45) is 4.13. The quantitative estimate of drug-likeness (QED) is 0.822. The fraction of sp³-hybridized carbons (Fsp3) is 0.583. The van der Waals surface area contributed by atoms with E-state index in [1.165, 1.54) is 6.33 Å². The summed E-state index contributed by atoms with van der Waals surface area (Å²) in [7, 11) is 1.55. The Hall–Kier alpha value is -1.85. The number of carboxylic acids is 1. The minimum absolute atomic E-state index is 0.170. The average molecular weight is 251 g/mol. The molecule has 1 aromatic heterocycles. The van der Waals surface area contributed by atoms with E-state index in [0.717, 1.165) is 19.3 Å². The summed E-state index contributed by atoms with van der Waals surface area (Å²) in [4.78, 5) is 19.0. The Balaban J connectivity index is 1.92. The molecule has 0 bridgehead atoms. The van der Waals surface area contributed by atoms with E-state index in [1.807, 2.05) is 0 Å². The van der Waals surface area contributed by atoms with Crippen molar-refractivity contribution in [3.8, 4) is 5.88 Å². The van der Waals surface area contributed by atoms with Crippen LogP contribution in [0.2, 0.25) is 0 Å². The van der Waals surface area contributed by atoms with Gasteiger partial charge in [0.2, 0.25) is 5.88 Å². The van der Waals surface area contributed by atoms with Crippen LogP contribution < -0.4 is 10.1 Å². The maximum Gasteiger partial charge on any atom is 0.306 e.